The first-order valence-corrected chi connectivity index (χ1v) is 4.74. The van der Waals surface area contributed by atoms with Crippen molar-refractivity contribution < 1.29 is 23.1 Å². The third kappa shape index (κ3) is 2.24. The van der Waals surface area contributed by atoms with E-state index < -0.39 is 29.5 Å². The summed E-state index contributed by atoms with van der Waals surface area (Å²) in [7, 11) is 0. The smallest absolute Gasteiger partial charge is 0.314 e. The normalized spacial score (nSPS) is 17.4. The molecule has 1 aliphatic heterocycles. The van der Waals surface area contributed by atoms with Gasteiger partial charge in [-0.2, -0.15) is 0 Å². The van der Waals surface area contributed by atoms with Crippen molar-refractivity contribution in [3.8, 4) is 0 Å². The predicted octanol–water partition coefficient (Wildman–Crippen LogP) is 1.91. The van der Waals surface area contributed by atoms with Crippen molar-refractivity contribution in [3.05, 3.63) is 35.4 Å². The Bertz CT molecular complexity index is 420. The standard InChI is InChI=1S/C11H8F2O3/c12-8-1-6(2-9(13)5-8)7-3-10(14)16-11(15)4-7/h1-2,5,7H,3-4H2. The van der Waals surface area contributed by atoms with Crippen LogP contribution in [0.3, 0.4) is 0 Å². The SMILES string of the molecule is O=C1CC(c2cc(F)cc(F)c2)CC(=O)O1. The molecule has 0 bridgehead atoms. The molecule has 5 heteroatoms. The number of ether oxygens (including phenoxy) is 1. The Morgan fingerprint density at radius 1 is 1.00 bits per heavy atom. The van der Waals surface area contributed by atoms with Crippen LogP contribution >= 0.6 is 0 Å². The average molecular weight is 226 g/mol. The van der Waals surface area contributed by atoms with Gasteiger partial charge in [-0.3, -0.25) is 9.59 Å². The van der Waals surface area contributed by atoms with Crippen molar-refractivity contribution in [1.82, 2.24) is 0 Å². The number of halogens is 2. The molecule has 0 N–H and O–H groups in total. The molecular weight excluding hydrogens is 218 g/mol. The Labute approximate surface area is 90.0 Å². The maximum absolute atomic E-state index is 12.9. The van der Waals surface area contributed by atoms with Gasteiger partial charge in [-0.1, -0.05) is 0 Å². The summed E-state index contributed by atoms with van der Waals surface area (Å²) in [5.41, 5.74) is 0.308. The van der Waals surface area contributed by atoms with E-state index in [1.807, 2.05) is 0 Å². The number of carbonyl (C=O) groups is 2. The summed E-state index contributed by atoms with van der Waals surface area (Å²) in [6, 6.07) is 2.99. The lowest BCUT2D eigenvalue weighted by Gasteiger charge is -2.20. The molecule has 1 aromatic rings. The van der Waals surface area contributed by atoms with Gasteiger partial charge in [0.05, 0.1) is 12.8 Å². The Morgan fingerprint density at radius 2 is 1.50 bits per heavy atom. The van der Waals surface area contributed by atoms with Gasteiger partial charge >= 0.3 is 11.9 Å². The van der Waals surface area contributed by atoms with Crippen LogP contribution in [0.4, 0.5) is 8.78 Å². The van der Waals surface area contributed by atoms with Crippen LogP contribution in [-0.2, 0) is 14.3 Å². The fourth-order valence-corrected chi connectivity index (χ4v) is 1.73. The van der Waals surface area contributed by atoms with Crippen molar-refractivity contribution in [1.29, 1.82) is 0 Å². The number of hydrogen-bond acceptors (Lipinski definition) is 3. The van der Waals surface area contributed by atoms with Crippen LogP contribution in [0, 0.1) is 11.6 Å². The first kappa shape index (κ1) is 10.7. The first-order valence-electron chi connectivity index (χ1n) is 4.74. The molecule has 1 fully saturated rings. The molecule has 1 heterocycles. The molecule has 0 atom stereocenters. The molecule has 0 spiro atoms. The average Bonchev–Trinajstić information content (AvgIpc) is 2.14. The summed E-state index contributed by atoms with van der Waals surface area (Å²) >= 11 is 0. The zero-order valence-corrected chi connectivity index (χ0v) is 8.20. The van der Waals surface area contributed by atoms with Crippen LogP contribution in [0.25, 0.3) is 0 Å². The number of esters is 2. The van der Waals surface area contributed by atoms with E-state index >= 15 is 0 Å². The fourth-order valence-electron chi connectivity index (χ4n) is 1.73. The molecule has 0 radical (unpaired) electrons. The van der Waals surface area contributed by atoms with Gasteiger partial charge in [0.15, 0.2) is 0 Å². The Balaban J connectivity index is 2.29. The molecule has 0 aliphatic carbocycles. The number of rotatable bonds is 1. The summed E-state index contributed by atoms with van der Waals surface area (Å²) < 4.78 is 30.2. The van der Waals surface area contributed by atoms with E-state index in [4.69, 9.17) is 0 Å². The molecule has 1 aromatic carbocycles. The molecule has 0 saturated carbocycles. The summed E-state index contributed by atoms with van der Waals surface area (Å²) in [5.74, 6) is -3.27. The maximum Gasteiger partial charge on any atom is 0.314 e. The molecule has 16 heavy (non-hydrogen) atoms. The molecule has 0 aromatic heterocycles. The Hall–Kier alpha value is -1.78. The van der Waals surface area contributed by atoms with Crippen LogP contribution in [0.5, 0.6) is 0 Å². The quantitative estimate of drug-likeness (QED) is 0.542. The van der Waals surface area contributed by atoms with Gasteiger partial charge in [-0.15, -0.1) is 0 Å². The molecule has 1 saturated heterocycles. The lowest BCUT2D eigenvalue weighted by molar-refractivity contribution is -0.163. The van der Waals surface area contributed by atoms with Gasteiger partial charge in [0.1, 0.15) is 11.6 Å². The number of carbonyl (C=O) groups excluding carboxylic acids is 2. The second-order valence-corrected chi connectivity index (χ2v) is 3.65. The van der Waals surface area contributed by atoms with Crippen molar-refractivity contribution in [2.75, 3.05) is 0 Å². The first-order chi connectivity index (χ1) is 7.54. The van der Waals surface area contributed by atoms with Crippen LogP contribution in [-0.4, -0.2) is 11.9 Å². The fraction of sp³-hybridized carbons (Fsp3) is 0.273. The van der Waals surface area contributed by atoms with Gasteiger partial charge in [0.2, 0.25) is 0 Å². The number of benzene rings is 1. The third-order valence-corrected chi connectivity index (χ3v) is 2.41. The Morgan fingerprint density at radius 3 is 2.00 bits per heavy atom. The Kier molecular flexibility index (Phi) is 2.68. The van der Waals surface area contributed by atoms with Crippen LogP contribution in [0.1, 0.15) is 24.3 Å². The summed E-state index contributed by atoms with van der Waals surface area (Å²) in [6.07, 6.45) is -0.0662. The van der Waals surface area contributed by atoms with Crippen molar-refractivity contribution in [2.45, 2.75) is 18.8 Å². The summed E-state index contributed by atoms with van der Waals surface area (Å²) in [4.78, 5) is 22.0. The highest BCUT2D eigenvalue weighted by molar-refractivity contribution is 5.89. The third-order valence-electron chi connectivity index (χ3n) is 2.41. The topological polar surface area (TPSA) is 43.4 Å². The molecule has 1 aliphatic rings. The van der Waals surface area contributed by atoms with E-state index in [9.17, 15) is 18.4 Å². The zero-order chi connectivity index (χ0) is 11.7. The van der Waals surface area contributed by atoms with Gasteiger partial charge in [-0.25, -0.2) is 8.78 Å². The number of cyclic esters (lactones) is 2. The van der Waals surface area contributed by atoms with E-state index in [1.165, 1.54) is 0 Å². The second kappa shape index (κ2) is 4.00. The van der Waals surface area contributed by atoms with Crippen LogP contribution in [0.15, 0.2) is 18.2 Å². The predicted molar refractivity (Wildman–Crippen MR) is 49.4 cm³/mol. The van der Waals surface area contributed by atoms with Crippen LogP contribution in [0.2, 0.25) is 0 Å². The van der Waals surface area contributed by atoms with E-state index in [1.54, 1.807) is 0 Å². The molecule has 84 valence electrons. The van der Waals surface area contributed by atoms with E-state index in [2.05, 4.69) is 4.74 Å². The summed E-state index contributed by atoms with van der Waals surface area (Å²) in [6.45, 7) is 0. The highest BCUT2D eigenvalue weighted by Crippen LogP contribution is 2.29. The number of hydrogen-bond donors (Lipinski definition) is 0. The monoisotopic (exact) mass is 226 g/mol. The molecule has 3 nitrogen and oxygen atoms in total. The molecule has 2 rings (SSSR count). The molecule has 0 amide bonds. The minimum absolute atomic E-state index is 0.0331. The van der Waals surface area contributed by atoms with E-state index in [0.29, 0.717) is 5.56 Å². The second-order valence-electron chi connectivity index (χ2n) is 3.65. The zero-order valence-electron chi connectivity index (χ0n) is 8.20. The molecular formula is C11H8F2O3. The van der Waals surface area contributed by atoms with Gasteiger partial charge in [-0.05, 0) is 17.7 Å². The highest BCUT2D eigenvalue weighted by Gasteiger charge is 2.28. The van der Waals surface area contributed by atoms with E-state index in [0.717, 1.165) is 18.2 Å². The highest BCUT2D eigenvalue weighted by atomic mass is 19.1. The van der Waals surface area contributed by atoms with Crippen molar-refractivity contribution in [2.24, 2.45) is 0 Å². The van der Waals surface area contributed by atoms with Crippen molar-refractivity contribution >= 4 is 11.9 Å². The van der Waals surface area contributed by atoms with Gasteiger partial charge in [0.25, 0.3) is 0 Å². The lowest BCUT2D eigenvalue weighted by Crippen LogP contribution is -2.24. The van der Waals surface area contributed by atoms with Crippen molar-refractivity contribution in [3.63, 3.8) is 0 Å². The van der Waals surface area contributed by atoms with Crippen LogP contribution < -0.4 is 0 Å². The largest absolute Gasteiger partial charge is 0.393 e. The van der Waals surface area contributed by atoms with Gasteiger partial charge in [0, 0.05) is 12.0 Å². The maximum atomic E-state index is 12.9. The van der Waals surface area contributed by atoms with Gasteiger partial charge < -0.3 is 4.74 Å². The molecule has 0 unspecified atom stereocenters. The lowest BCUT2D eigenvalue weighted by atomic mass is 9.91. The minimum atomic E-state index is -0.721. The van der Waals surface area contributed by atoms with E-state index in [-0.39, 0.29) is 12.8 Å². The summed E-state index contributed by atoms with van der Waals surface area (Å²) in [5, 5.41) is 0. The minimum Gasteiger partial charge on any atom is -0.393 e.